The van der Waals surface area contributed by atoms with Crippen LogP contribution in [0.15, 0.2) is 127 Å². The van der Waals surface area contributed by atoms with Gasteiger partial charge in [-0.25, -0.2) is 9.78 Å². The number of aliphatic carboxylic acids is 1. The molecule has 1 heterocycles. The first-order chi connectivity index (χ1) is 40.1. The number of nitrogens with one attached hydrogen (secondary N) is 9. The van der Waals surface area contributed by atoms with E-state index in [0.717, 1.165) is 0 Å². The SMILES string of the molecule is CC[C@H](C)[C@H](NC(=O)[C@H](Cc1ccc(O)cc1)NC(=O)[C@@H](NC(=O)[C@H](CCCN=C(N)N)NC(=O)CNC)C(C)C)C(=O)N[C@@H](Cc1cnc[nH]1)C(=O)N[C@@H](Cc1ccc(C(=O)c2ccccc2)cc1)C(=O)N[C@@H](Cc1ccccc1)C(=O)O. The van der Waals surface area contributed by atoms with Crippen LogP contribution in [0.5, 0.6) is 5.75 Å². The Morgan fingerprint density at radius 1 is 0.571 bits per heavy atom. The average molecular weight is 1160 g/mol. The van der Waals surface area contributed by atoms with Crippen molar-refractivity contribution in [2.75, 3.05) is 20.1 Å². The molecule has 0 aliphatic carbocycles. The van der Waals surface area contributed by atoms with E-state index in [1.807, 2.05) is 0 Å². The molecule has 0 aliphatic heterocycles. The molecular weight excluding hydrogens is 1080 g/mol. The molecule has 5 aromatic rings. The number of H-pyrrole nitrogens is 1. The number of guanidine groups is 1. The third kappa shape index (κ3) is 20.8. The number of nitrogens with two attached hydrogens (primary N) is 2. The molecule has 0 radical (unpaired) electrons. The second-order valence-electron chi connectivity index (χ2n) is 20.7. The number of benzene rings is 4. The van der Waals surface area contributed by atoms with Crippen LogP contribution in [-0.4, -0.2) is 142 Å². The summed E-state index contributed by atoms with van der Waals surface area (Å²) < 4.78 is 0. The molecule has 24 heteroatoms. The van der Waals surface area contributed by atoms with Gasteiger partial charge in [-0.15, -0.1) is 0 Å². The molecule has 24 nitrogen and oxygen atoms in total. The number of rotatable bonds is 33. The zero-order chi connectivity index (χ0) is 61.3. The lowest BCUT2D eigenvalue weighted by atomic mass is 9.96. The Morgan fingerprint density at radius 2 is 1.05 bits per heavy atom. The van der Waals surface area contributed by atoms with Crippen LogP contribution in [0.1, 0.15) is 85.3 Å². The van der Waals surface area contributed by atoms with Crippen LogP contribution >= 0.6 is 0 Å². The molecule has 4 aromatic carbocycles. The minimum absolute atomic E-state index is 0.0615. The van der Waals surface area contributed by atoms with Gasteiger partial charge >= 0.3 is 5.97 Å². The van der Waals surface area contributed by atoms with Crippen LogP contribution in [0.4, 0.5) is 0 Å². The van der Waals surface area contributed by atoms with Gasteiger partial charge in [0.1, 0.15) is 48.0 Å². The highest BCUT2D eigenvalue weighted by atomic mass is 16.4. The van der Waals surface area contributed by atoms with E-state index in [2.05, 4.69) is 57.5 Å². The van der Waals surface area contributed by atoms with Gasteiger partial charge in [-0.2, -0.15) is 0 Å². The highest BCUT2D eigenvalue weighted by Crippen LogP contribution is 2.17. The third-order valence-electron chi connectivity index (χ3n) is 13.8. The summed E-state index contributed by atoms with van der Waals surface area (Å²) >= 11 is 0. The number of carbonyl (C=O) groups is 9. The summed E-state index contributed by atoms with van der Waals surface area (Å²) in [4.78, 5) is 136. The molecule has 5 rings (SSSR count). The maximum absolute atomic E-state index is 14.8. The molecule has 8 atom stereocenters. The lowest BCUT2D eigenvalue weighted by molar-refractivity contribution is -0.142. The number of carboxylic acids is 1. The summed E-state index contributed by atoms with van der Waals surface area (Å²) in [5.74, 6) is -8.27. The van der Waals surface area contributed by atoms with Crippen molar-refractivity contribution in [2.24, 2.45) is 28.3 Å². The van der Waals surface area contributed by atoms with Crippen LogP contribution in [0.3, 0.4) is 0 Å². The number of phenols is 1. The zero-order valence-corrected chi connectivity index (χ0v) is 47.7. The smallest absolute Gasteiger partial charge is 0.326 e. The number of aromatic nitrogens is 2. The van der Waals surface area contributed by atoms with Gasteiger partial charge < -0.3 is 69.2 Å². The number of ketones is 1. The molecule has 7 amide bonds. The molecule has 0 saturated carbocycles. The van der Waals surface area contributed by atoms with Crippen LogP contribution < -0.4 is 54.0 Å². The fraction of sp³-hybridized carbons (Fsp3) is 0.383. The van der Waals surface area contributed by atoms with Crippen molar-refractivity contribution in [3.05, 3.63) is 155 Å². The number of nitrogens with zero attached hydrogens (tertiary/aromatic N) is 2. The number of aliphatic imine (C=N–C) groups is 1. The number of carboxylic acid groups (broad SMARTS) is 1. The van der Waals surface area contributed by atoms with E-state index in [9.17, 15) is 53.4 Å². The van der Waals surface area contributed by atoms with Crippen molar-refractivity contribution < 1.29 is 53.4 Å². The number of aromatic amines is 1. The molecule has 0 bridgehead atoms. The van der Waals surface area contributed by atoms with Crippen LogP contribution in [0.2, 0.25) is 0 Å². The molecule has 15 N–H and O–H groups in total. The number of hydrogen-bond acceptors (Lipinski definition) is 13. The van der Waals surface area contributed by atoms with Crippen molar-refractivity contribution in [1.82, 2.24) is 52.5 Å². The molecule has 448 valence electrons. The Hall–Kier alpha value is -9.45. The minimum atomic E-state index is -1.46. The number of aromatic hydroxyl groups is 1. The van der Waals surface area contributed by atoms with Gasteiger partial charge in [0, 0.05) is 55.2 Å². The van der Waals surface area contributed by atoms with Gasteiger partial charge in [0.05, 0.1) is 12.9 Å². The number of phenolic OH excluding ortho intramolecular Hbond substituents is 1. The first-order valence-corrected chi connectivity index (χ1v) is 27.7. The van der Waals surface area contributed by atoms with E-state index in [1.165, 1.54) is 24.7 Å². The van der Waals surface area contributed by atoms with Crippen molar-refractivity contribution in [1.29, 1.82) is 0 Å². The zero-order valence-electron chi connectivity index (χ0n) is 47.7. The number of hydrogen-bond donors (Lipinski definition) is 13. The predicted molar refractivity (Wildman–Crippen MR) is 314 cm³/mol. The van der Waals surface area contributed by atoms with Gasteiger partial charge in [0.2, 0.25) is 41.4 Å². The lowest BCUT2D eigenvalue weighted by Gasteiger charge is -2.30. The van der Waals surface area contributed by atoms with E-state index in [-0.39, 0.29) is 62.7 Å². The van der Waals surface area contributed by atoms with Gasteiger partial charge in [-0.05, 0) is 60.5 Å². The molecule has 1 aromatic heterocycles. The summed E-state index contributed by atoms with van der Waals surface area (Å²) in [6.07, 6.45) is 2.89. The predicted octanol–water partition coefficient (Wildman–Crippen LogP) is 1.07. The fourth-order valence-corrected chi connectivity index (χ4v) is 8.94. The molecule has 0 saturated heterocycles. The molecule has 0 spiro atoms. The van der Waals surface area contributed by atoms with Gasteiger partial charge in [0.15, 0.2) is 11.7 Å². The standard InChI is InChI=1S/C60H77N13O11/c1-6-36(4)51(73-56(80)46(29-39-21-25-43(74)26-22-39)69-57(81)50(35(2)3)72-53(77)44(67-49(75)33-63-5)18-13-27-65-60(61)62)58(82)70-47(31-42-32-64-34-66-42)55(79)68-45(54(78)71-48(59(83)84)30-37-14-9-7-10-15-37)28-38-19-23-41(24-20-38)52(76)40-16-11-8-12-17-40/h7-12,14-17,19-26,32,34-36,44-48,50-51,63,74H,6,13,18,27-31,33H2,1-5H3,(H,64,66)(H,67,75)(H,68,79)(H,69,81)(H,70,82)(H,71,78)(H,72,77)(H,73,80)(H,83,84)(H4,61,62,65)/t36-,44-,45-,46-,47-,48-,50-,51-/m0/s1. The van der Waals surface area contributed by atoms with Crippen molar-refractivity contribution in [3.63, 3.8) is 0 Å². The van der Waals surface area contributed by atoms with Gasteiger partial charge in [-0.3, -0.25) is 43.3 Å². The summed E-state index contributed by atoms with van der Waals surface area (Å²) in [5, 5.41) is 42.1. The van der Waals surface area contributed by atoms with Crippen LogP contribution in [0, 0.1) is 11.8 Å². The summed E-state index contributed by atoms with van der Waals surface area (Å²) in [7, 11) is 1.56. The largest absolute Gasteiger partial charge is 0.508 e. The van der Waals surface area contributed by atoms with E-state index in [0.29, 0.717) is 46.4 Å². The second-order valence-corrected chi connectivity index (χ2v) is 20.7. The third-order valence-corrected chi connectivity index (χ3v) is 13.8. The van der Waals surface area contributed by atoms with Crippen molar-refractivity contribution in [3.8, 4) is 5.75 Å². The Bertz CT molecular complexity index is 3010. The highest BCUT2D eigenvalue weighted by Gasteiger charge is 2.37. The maximum Gasteiger partial charge on any atom is 0.326 e. The van der Waals surface area contributed by atoms with Gasteiger partial charge in [-0.1, -0.05) is 131 Å². The van der Waals surface area contributed by atoms with E-state index in [1.54, 1.807) is 132 Å². The Kier molecular flexibility index (Phi) is 25.6. The van der Waals surface area contributed by atoms with E-state index >= 15 is 0 Å². The first-order valence-electron chi connectivity index (χ1n) is 27.7. The quantitative estimate of drug-likeness (QED) is 0.0121. The second kappa shape index (κ2) is 32.9. The molecule has 84 heavy (non-hydrogen) atoms. The van der Waals surface area contributed by atoms with E-state index < -0.39 is 101 Å². The van der Waals surface area contributed by atoms with E-state index in [4.69, 9.17) is 11.5 Å². The first kappa shape index (κ1) is 65.4. The van der Waals surface area contributed by atoms with Crippen molar-refractivity contribution in [2.45, 2.75) is 115 Å². The van der Waals surface area contributed by atoms with Crippen molar-refractivity contribution >= 4 is 59.1 Å². The number of likely N-dealkylation sites (N-methyl/N-ethyl adjacent to an activating group) is 1. The Balaban J connectivity index is 1.42. The number of imidazole rings is 1. The monoisotopic (exact) mass is 1160 g/mol. The maximum atomic E-state index is 14.8. The number of amides is 7. The van der Waals surface area contributed by atoms with Crippen LogP contribution in [0.25, 0.3) is 0 Å². The summed E-state index contributed by atoms with van der Waals surface area (Å²) in [6.45, 7) is 6.88. The summed E-state index contributed by atoms with van der Waals surface area (Å²) in [5.41, 5.74) is 13.8. The van der Waals surface area contributed by atoms with Crippen LogP contribution in [-0.2, 0) is 64.0 Å². The topological polar surface area (TPSA) is 383 Å². The van der Waals surface area contributed by atoms with Gasteiger partial charge in [0.25, 0.3) is 0 Å². The fourth-order valence-electron chi connectivity index (χ4n) is 8.94. The number of carbonyl (C=O) groups excluding carboxylic acids is 8. The molecule has 0 unspecified atom stereocenters. The molecule has 0 fully saturated rings. The Labute approximate surface area is 487 Å². The molecule has 0 aliphatic rings. The Morgan fingerprint density at radius 3 is 1.58 bits per heavy atom. The average Bonchev–Trinajstić information content (AvgIpc) is 4.09. The molecular formula is C60H77N13O11. The minimum Gasteiger partial charge on any atom is -0.508 e. The normalized spacial score (nSPS) is 13.9. The summed E-state index contributed by atoms with van der Waals surface area (Å²) in [6, 6.07) is 20.1. The highest BCUT2D eigenvalue weighted by molar-refractivity contribution is 6.09. The lowest BCUT2D eigenvalue weighted by Crippen LogP contribution is -2.62.